The van der Waals surface area contributed by atoms with Gasteiger partial charge in [-0.2, -0.15) is 17.0 Å². The molecule has 0 saturated carbocycles. The molecule has 0 spiro atoms. The number of ether oxygens (including phenoxy) is 1. The lowest BCUT2D eigenvalue weighted by atomic mass is 10.9. The predicted molar refractivity (Wildman–Crippen MR) is 29.9 cm³/mol. The Kier molecular flexibility index (Phi) is 5.35. The smallest absolute Gasteiger partial charge is 0.286 e. The van der Waals surface area contributed by atoms with Crippen molar-refractivity contribution in [1.29, 1.82) is 5.26 Å². The average Bonchev–Trinajstić information content (AvgIpc) is 1.69. The van der Waals surface area contributed by atoms with Crippen molar-refractivity contribution in [2.24, 2.45) is 0 Å². The summed E-state index contributed by atoms with van der Waals surface area (Å²) in [6.07, 6.45) is 3.56. The second-order valence-corrected chi connectivity index (χ2v) is 1.92. The second-order valence-electron chi connectivity index (χ2n) is 0.933. The third-order valence-corrected chi connectivity index (χ3v) is 1.03. The maximum absolute atomic E-state index is 7.81. The van der Waals surface area contributed by atoms with E-state index < -0.39 is 0 Å². The Hall–Kier alpha value is -0.360. The zero-order chi connectivity index (χ0) is 5.54. The van der Waals surface area contributed by atoms with Crippen LogP contribution in [-0.4, -0.2) is 18.6 Å². The maximum atomic E-state index is 7.81. The Balaban J connectivity index is 2.60. The molecule has 0 aliphatic heterocycles. The zero-order valence-corrected chi connectivity index (χ0v) is 4.99. The molecule has 0 atom stereocenters. The number of hydrogen-bond acceptors (Lipinski definition) is 3. The van der Waals surface area contributed by atoms with Gasteiger partial charge < -0.3 is 4.74 Å². The topological polar surface area (TPSA) is 33.0 Å². The highest BCUT2D eigenvalue weighted by atomic mass is 32.2. The van der Waals surface area contributed by atoms with E-state index in [1.165, 1.54) is 0 Å². The first kappa shape index (κ1) is 6.64. The molecule has 0 aromatic carbocycles. The number of hydrogen-bond donors (Lipinski definition) is 0. The lowest BCUT2D eigenvalue weighted by Gasteiger charge is -1.88. The fourth-order valence-electron chi connectivity index (χ4n) is 0.171. The largest absolute Gasteiger partial charge is 0.427 e. The zero-order valence-electron chi connectivity index (χ0n) is 4.18. The summed E-state index contributed by atoms with van der Waals surface area (Å²) in [5.74, 6) is 0.896. The summed E-state index contributed by atoms with van der Waals surface area (Å²) in [7, 11) is 0. The molecule has 0 heterocycles. The fourth-order valence-corrected chi connectivity index (χ4v) is 0.421. The Bertz CT molecular complexity index is 68.6. The highest BCUT2D eigenvalue weighted by Gasteiger charge is 1.78. The van der Waals surface area contributed by atoms with E-state index in [-0.39, 0.29) is 0 Å². The monoisotopic (exact) mass is 117 g/mol. The minimum Gasteiger partial charge on any atom is -0.427 e. The van der Waals surface area contributed by atoms with Crippen LogP contribution < -0.4 is 0 Å². The van der Waals surface area contributed by atoms with Gasteiger partial charge in [-0.15, -0.1) is 0 Å². The number of nitrogens with zero attached hydrogens (tertiary/aromatic N) is 1. The van der Waals surface area contributed by atoms with Gasteiger partial charge in [-0.3, -0.25) is 0 Å². The van der Waals surface area contributed by atoms with Crippen LogP contribution in [0.5, 0.6) is 0 Å². The third-order valence-electron chi connectivity index (χ3n) is 0.454. The van der Waals surface area contributed by atoms with E-state index in [1.807, 2.05) is 6.26 Å². The molecule has 0 rings (SSSR count). The van der Waals surface area contributed by atoms with Gasteiger partial charge in [0.1, 0.15) is 6.61 Å². The fraction of sp³-hybridized carbons (Fsp3) is 0.750. The van der Waals surface area contributed by atoms with Crippen molar-refractivity contribution in [2.45, 2.75) is 0 Å². The van der Waals surface area contributed by atoms with Gasteiger partial charge in [0.2, 0.25) is 0 Å². The first-order chi connectivity index (χ1) is 3.41. The molecule has 0 aromatic rings. The average molecular weight is 117 g/mol. The van der Waals surface area contributed by atoms with Crippen LogP contribution in [0.1, 0.15) is 0 Å². The Morgan fingerprint density at radius 1 is 1.86 bits per heavy atom. The summed E-state index contributed by atoms with van der Waals surface area (Å²) in [6, 6.07) is 0. The van der Waals surface area contributed by atoms with Crippen molar-refractivity contribution in [3.63, 3.8) is 0 Å². The van der Waals surface area contributed by atoms with Crippen LogP contribution in [0.25, 0.3) is 0 Å². The molecule has 0 radical (unpaired) electrons. The van der Waals surface area contributed by atoms with Crippen molar-refractivity contribution in [2.75, 3.05) is 18.6 Å². The SMILES string of the molecule is CSCCOC#N. The van der Waals surface area contributed by atoms with Gasteiger partial charge in [0, 0.05) is 5.75 Å². The van der Waals surface area contributed by atoms with Crippen molar-refractivity contribution in [3.05, 3.63) is 0 Å². The second kappa shape index (κ2) is 5.64. The molecule has 0 aromatic heterocycles. The van der Waals surface area contributed by atoms with Crippen LogP contribution in [0.2, 0.25) is 0 Å². The van der Waals surface area contributed by atoms with Gasteiger partial charge in [0.25, 0.3) is 6.26 Å². The lowest BCUT2D eigenvalue weighted by Crippen LogP contribution is -1.88. The lowest BCUT2D eigenvalue weighted by molar-refractivity contribution is 0.295. The molecular weight excluding hydrogens is 110 g/mol. The van der Waals surface area contributed by atoms with Crippen LogP contribution >= 0.6 is 11.8 Å². The van der Waals surface area contributed by atoms with Crippen LogP contribution in [0, 0.1) is 11.5 Å². The van der Waals surface area contributed by atoms with Crippen LogP contribution in [-0.2, 0) is 4.74 Å². The predicted octanol–water partition coefficient (Wildman–Crippen LogP) is 0.847. The highest BCUT2D eigenvalue weighted by molar-refractivity contribution is 7.98. The van der Waals surface area contributed by atoms with Crippen LogP contribution in [0.4, 0.5) is 0 Å². The summed E-state index contributed by atoms with van der Waals surface area (Å²) < 4.78 is 4.36. The first-order valence-corrected chi connectivity index (χ1v) is 3.31. The third kappa shape index (κ3) is 5.64. The molecule has 0 unspecified atom stereocenters. The van der Waals surface area contributed by atoms with Crippen molar-refractivity contribution < 1.29 is 4.74 Å². The Labute approximate surface area is 47.5 Å². The number of rotatable bonds is 3. The van der Waals surface area contributed by atoms with Crippen LogP contribution in [0.3, 0.4) is 0 Å². The molecule has 3 heteroatoms. The summed E-state index contributed by atoms with van der Waals surface area (Å²) in [4.78, 5) is 0. The van der Waals surface area contributed by atoms with Gasteiger partial charge in [0.05, 0.1) is 0 Å². The molecule has 0 aliphatic carbocycles. The molecule has 0 bridgehead atoms. The van der Waals surface area contributed by atoms with E-state index >= 15 is 0 Å². The van der Waals surface area contributed by atoms with Gasteiger partial charge in [-0.1, -0.05) is 0 Å². The summed E-state index contributed by atoms with van der Waals surface area (Å²) >= 11 is 1.67. The molecule has 0 fully saturated rings. The minimum atomic E-state index is 0.539. The van der Waals surface area contributed by atoms with E-state index in [9.17, 15) is 0 Å². The van der Waals surface area contributed by atoms with Gasteiger partial charge in [-0.25, -0.2) is 0 Å². The van der Waals surface area contributed by atoms with Crippen molar-refractivity contribution in [1.82, 2.24) is 0 Å². The quantitative estimate of drug-likeness (QED) is 0.406. The summed E-state index contributed by atoms with van der Waals surface area (Å²) in [5.41, 5.74) is 0. The molecule has 7 heavy (non-hydrogen) atoms. The van der Waals surface area contributed by atoms with Crippen LogP contribution in [0.15, 0.2) is 0 Å². The molecule has 0 N–H and O–H groups in total. The molecule has 0 aliphatic rings. The Morgan fingerprint density at radius 3 is 3.00 bits per heavy atom. The molecule has 0 saturated heterocycles. The van der Waals surface area contributed by atoms with E-state index in [1.54, 1.807) is 18.0 Å². The number of thioether (sulfide) groups is 1. The standard InChI is InChI=1S/C4H7NOS/c1-7-3-2-6-4-5/h2-3H2,1H3. The van der Waals surface area contributed by atoms with E-state index in [0.29, 0.717) is 6.61 Å². The van der Waals surface area contributed by atoms with Gasteiger partial charge >= 0.3 is 0 Å². The molecule has 2 nitrogen and oxygen atoms in total. The molecule has 40 valence electrons. The van der Waals surface area contributed by atoms with Gasteiger partial charge in [0.15, 0.2) is 0 Å². The van der Waals surface area contributed by atoms with Gasteiger partial charge in [-0.05, 0) is 6.26 Å². The Morgan fingerprint density at radius 2 is 2.57 bits per heavy atom. The number of nitriles is 1. The summed E-state index contributed by atoms with van der Waals surface area (Å²) in [5, 5.41) is 7.81. The minimum absolute atomic E-state index is 0.539. The summed E-state index contributed by atoms with van der Waals surface area (Å²) in [6.45, 7) is 0.539. The van der Waals surface area contributed by atoms with Crippen molar-refractivity contribution in [3.8, 4) is 6.26 Å². The molecular formula is C4H7NOS. The van der Waals surface area contributed by atoms with Crippen molar-refractivity contribution >= 4 is 11.8 Å². The highest BCUT2D eigenvalue weighted by Crippen LogP contribution is 1.88. The van der Waals surface area contributed by atoms with E-state index in [0.717, 1.165) is 5.75 Å². The normalized spacial score (nSPS) is 7.43. The van der Waals surface area contributed by atoms with E-state index in [4.69, 9.17) is 5.26 Å². The first-order valence-electron chi connectivity index (χ1n) is 1.91. The molecule has 0 amide bonds. The van der Waals surface area contributed by atoms with E-state index in [2.05, 4.69) is 4.74 Å². The maximum Gasteiger partial charge on any atom is 0.286 e.